The fraction of sp³-hybridized carbons (Fsp3) is 0.647. The Hall–Kier alpha value is -0.730. The normalized spacial score (nSPS) is 27.4. The van der Waals surface area contributed by atoms with Gasteiger partial charge in [-0.1, -0.05) is 24.6 Å². The van der Waals surface area contributed by atoms with Crippen LogP contribution < -0.4 is 4.74 Å². The Balaban J connectivity index is 0.00000147. The molecular weight excluding hydrogens is 270 g/mol. The number of benzene rings is 1. The second-order valence-electron chi connectivity index (χ2n) is 6.41. The van der Waals surface area contributed by atoms with Crippen molar-refractivity contribution in [3.05, 3.63) is 29.8 Å². The molecule has 0 spiro atoms. The molecule has 3 rings (SSSR count). The van der Waals surface area contributed by atoms with Crippen LogP contribution in [-0.2, 0) is 0 Å². The van der Waals surface area contributed by atoms with E-state index >= 15 is 0 Å². The number of hydrogen-bond donors (Lipinski definition) is 0. The average molecular weight is 296 g/mol. The topological polar surface area (TPSA) is 12.5 Å². The van der Waals surface area contributed by atoms with Crippen LogP contribution in [-0.4, -0.2) is 31.1 Å². The number of ether oxygens (including phenoxy) is 1. The minimum Gasteiger partial charge on any atom is -0.486 e. The van der Waals surface area contributed by atoms with Crippen molar-refractivity contribution in [1.29, 1.82) is 0 Å². The fourth-order valence-electron chi connectivity index (χ4n) is 3.90. The van der Waals surface area contributed by atoms with E-state index in [1.807, 2.05) is 0 Å². The van der Waals surface area contributed by atoms with Crippen LogP contribution in [0.1, 0.15) is 50.0 Å². The lowest BCUT2D eigenvalue weighted by Crippen LogP contribution is -2.41. The highest BCUT2D eigenvalue weighted by Gasteiger charge is 2.48. The summed E-state index contributed by atoms with van der Waals surface area (Å²) in [6.45, 7) is 1.16. The van der Waals surface area contributed by atoms with Gasteiger partial charge in [-0.05, 0) is 58.8 Å². The van der Waals surface area contributed by atoms with Crippen LogP contribution in [0.25, 0.3) is 0 Å². The number of para-hydroxylation sites is 1. The molecule has 1 aliphatic heterocycles. The first-order chi connectivity index (χ1) is 9.21. The van der Waals surface area contributed by atoms with E-state index in [0.29, 0.717) is 5.92 Å². The maximum absolute atomic E-state index is 6.46. The molecule has 1 heterocycles. The Bertz CT molecular complexity index is 448. The lowest BCUT2D eigenvalue weighted by molar-refractivity contribution is 0.0239. The Kier molecular flexibility index (Phi) is 4.98. The van der Waals surface area contributed by atoms with Crippen LogP contribution in [0, 0.1) is 0 Å². The van der Waals surface area contributed by atoms with E-state index in [0.717, 1.165) is 12.3 Å². The van der Waals surface area contributed by atoms with Crippen LogP contribution >= 0.6 is 12.4 Å². The minimum absolute atomic E-state index is 0. The SMILES string of the molecule is CN(C)CCC[C@]12CCCC[C@H]1c1ccccc1O2.Cl. The van der Waals surface area contributed by atoms with Crippen molar-refractivity contribution in [2.75, 3.05) is 20.6 Å². The van der Waals surface area contributed by atoms with Gasteiger partial charge in [0.2, 0.25) is 0 Å². The predicted molar refractivity (Wildman–Crippen MR) is 86.0 cm³/mol. The zero-order valence-electron chi connectivity index (χ0n) is 12.6. The molecule has 0 amide bonds. The van der Waals surface area contributed by atoms with Gasteiger partial charge in [0.25, 0.3) is 0 Å². The molecule has 0 radical (unpaired) electrons. The third-order valence-corrected chi connectivity index (χ3v) is 4.79. The second kappa shape index (κ2) is 6.36. The maximum atomic E-state index is 6.46. The molecule has 0 unspecified atom stereocenters. The van der Waals surface area contributed by atoms with Gasteiger partial charge in [0.05, 0.1) is 0 Å². The zero-order chi connectivity index (χ0) is 13.3. The summed E-state index contributed by atoms with van der Waals surface area (Å²) in [6, 6.07) is 8.69. The van der Waals surface area contributed by atoms with Gasteiger partial charge < -0.3 is 9.64 Å². The van der Waals surface area contributed by atoms with Gasteiger partial charge in [0.15, 0.2) is 0 Å². The van der Waals surface area contributed by atoms with Crippen LogP contribution in [0.5, 0.6) is 5.75 Å². The van der Waals surface area contributed by atoms with Gasteiger partial charge in [-0.2, -0.15) is 0 Å². The van der Waals surface area contributed by atoms with E-state index in [4.69, 9.17) is 4.74 Å². The Morgan fingerprint density at radius 3 is 2.85 bits per heavy atom. The van der Waals surface area contributed by atoms with Crippen molar-refractivity contribution in [3.8, 4) is 5.75 Å². The van der Waals surface area contributed by atoms with Crippen molar-refractivity contribution in [2.24, 2.45) is 0 Å². The summed E-state index contributed by atoms with van der Waals surface area (Å²) in [5.74, 6) is 1.79. The van der Waals surface area contributed by atoms with Crippen LogP contribution in [0.3, 0.4) is 0 Å². The lowest BCUT2D eigenvalue weighted by atomic mass is 9.71. The van der Waals surface area contributed by atoms with E-state index in [9.17, 15) is 0 Å². The first-order valence-corrected chi connectivity index (χ1v) is 7.64. The first-order valence-electron chi connectivity index (χ1n) is 7.64. The third-order valence-electron chi connectivity index (χ3n) is 4.79. The molecule has 0 aromatic heterocycles. The number of fused-ring (bicyclic) bond motifs is 3. The average Bonchev–Trinajstić information content (AvgIpc) is 2.72. The summed E-state index contributed by atoms with van der Waals surface area (Å²) in [6.07, 6.45) is 7.66. The van der Waals surface area contributed by atoms with Crippen molar-refractivity contribution >= 4 is 12.4 Å². The van der Waals surface area contributed by atoms with Crippen LogP contribution in [0.15, 0.2) is 24.3 Å². The van der Waals surface area contributed by atoms with Crippen molar-refractivity contribution in [3.63, 3.8) is 0 Å². The van der Waals surface area contributed by atoms with E-state index in [-0.39, 0.29) is 18.0 Å². The highest BCUT2D eigenvalue weighted by molar-refractivity contribution is 5.85. The van der Waals surface area contributed by atoms with E-state index < -0.39 is 0 Å². The Morgan fingerprint density at radius 1 is 1.25 bits per heavy atom. The molecule has 1 saturated carbocycles. The molecule has 0 N–H and O–H groups in total. The van der Waals surface area contributed by atoms with Crippen molar-refractivity contribution < 1.29 is 4.74 Å². The maximum Gasteiger partial charge on any atom is 0.123 e. The lowest BCUT2D eigenvalue weighted by Gasteiger charge is -2.38. The molecule has 2 aliphatic rings. The smallest absolute Gasteiger partial charge is 0.123 e. The molecule has 3 heteroatoms. The molecule has 1 aromatic carbocycles. The van der Waals surface area contributed by atoms with Crippen molar-refractivity contribution in [2.45, 2.75) is 50.0 Å². The number of halogens is 1. The van der Waals surface area contributed by atoms with Gasteiger partial charge in [0, 0.05) is 11.5 Å². The molecule has 1 aromatic rings. The first kappa shape index (κ1) is 15.7. The molecule has 1 fully saturated rings. The highest BCUT2D eigenvalue weighted by Crippen LogP contribution is 2.53. The predicted octanol–water partition coefficient (Wildman–Crippen LogP) is 4.24. The van der Waals surface area contributed by atoms with Crippen molar-refractivity contribution in [1.82, 2.24) is 4.90 Å². The Morgan fingerprint density at radius 2 is 2.05 bits per heavy atom. The molecule has 0 saturated heterocycles. The van der Waals surface area contributed by atoms with Crippen LogP contribution in [0.4, 0.5) is 0 Å². The Labute approximate surface area is 128 Å². The molecule has 0 bridgehead atoms. The summed E-state index contributed by atoms with van der Waals surface area (Å²) in [4.78, 5) is 2.27. The van der Waals surface area contributed by atoms with Gasteiger partial charge >= 0.3 is 0 Å². The largest absolute Gasteiger partial charge is 0.486 e. The standard InChI is InChI=1S/C17H25NO.ClH/c1-18(2)13-7-12-17-11-6-5-9-15(17)14-8-3-4-10-16(14)19-17;/h3-4,8,10,15H,5-7,9,11-13H2,1-2H3;1H/t15-,17+;/m0./s1. The van der Waals surface area contributed by atoms with Gasteiger partial charge in [-0.25, -0.2) is 0 Å². The van der Waals surface area contributed by atoms with E-state index in [1.54, 1.807) is 0 Å². The fourth-order valence-corrected chi connectivity index (χ4v) is 3.90. The minimum atomic E-state index is 0. The monoisotopic (exact) mass is 295 g/mol. The van der Waals surface area contributed by atoms with E-state index in [2.05, 4.69) is 43.3 Å². The number of nitrogens with zero attached hydrogens (tertiary/aromatic N) is 1. The molecule has 1 aliphatic carbocycles. The number of hydrogen-bond acceptors (Lipinski definition) is 2. The molecule has 20 heavy (non-hydrogen) atoms. The van der Waals surface area contributed by atoms with Crippen LogP contribution in [0.2, 0.25) is 0 Å². The zero-order valence-corrected chi connectivity index (χ0v) is 13.4. The van der Waals surface area contributed by atoms with Gasteiger partial charge in [0.1, 0.15) is 11.4 Å². The second-order valence-corrected chi connectivity index (χ2v) is 6.41. The summed E-state index contributed by atoms with van der Waals surface area (Å²) in [5, 5.41) is 0. The summed E-state index contributed by atoms with van der Waals surface area (Å²) < 4.78 is 6.46. The summed E-state index contributed by atoms with van der Waals surface area (Å²) in [5.41, 5.74) is 1.57. The summed E-state index contributed by atoms with van der Waals surface area (Å²) >= 11 is 0. The van der Waals surface area contributed by atoms with Gasteiger partial charge in [-0.15, -0.1) is 12.4 Å². The number of rotatable bonds is 4. The third kappa shape index (κ3) is 2.82. The molecule has 2 atom stereocenters. The van der Waals surface area contributed by atoms with E-state index in [1.165, 1.54) is 44.1 Å². The van der Waals surface area contributed by atoms with Gasteiger partial charge in [-0.3, -0.25) is 0 Å². The summed E-state index contributed by atoms with van der Waals surface area (Å²) in [7, 11) is 4.31. The highest BCUT2D eigenvalue weighted by atomic mass is 35.5. The molecule has 2 nitrogen and oxygen atoms in total. The molecule has 112 valence electrons. The quantitative estimate of drug-likeness (QED) is 0.824. The molecular formula is C17H26ClNO.